The molecule has 0 radical (unpaired) electrons. The summed E-state index contributed by atoms with van der Waals surface area (Å²) in [5.41, 5.74) is -2.74. The monoisotopic (exact) mass is 382 g/mol. The fourth-order valence-corrected chi connectivity index (χ4v) is 0.714. The summed E-state index contributed by atoms with van der Waals surface area (Å²) >= 11 is 0. The van der Waals surface area contributed by atoms with E-state index in [1.807, 2.05) is 0 Å². The number of rotatable bonds is 5. The number of hydrogen-bond donors (Lipinski definition) is 5. The van der Waals surface area contributed by atoms with Gasteiger partial charge in [-0.05, 0) is 6.16 Å². The molecular weight excluding hydrogens is 373 g/mol. The third kappa shape index (κ3) is 37.8. The van der Waals surface area contributed by atoms with Crippen LogP contribution in [-0.2, 0) is 14.4 Å². The molecule has 0 aliphatic rings. The molecule has 122 valence electrons. The maximum absolute atomic E-state index is 10.3. The van der Waals surface area contributed by atoms with Gasteiger partial charge in [0.1, 0.15) is 0 Å². The molecule has 0 bridgehead atoms. The van der Waals surface area contributed by atoms with Crippen LogP contribution < -0.4 is 104 Å². The van der Waals surface area contributed by atoms with Gasteiger partial charge in [-0.15, -0.1) is 0 Å². The van der Waals surface area contributed by atoms with Crippen LogP contribution in [0.4, 0.5) is 9.59 Å². The third-order valence-electron chi connectivity index (χ3n) is 1.29. The molecule has 0 aromatic rings. The van der Waals surface area contributed by atoms with Gasteiger partial charge in [0.25, 0.3) is 0 Å². The van der Waals surface area contributed by atoms with Gasteiger partial charge < -0.3 is 50.4 Å². The van der Waals surface area contributed by atoms with E-state index in [2.05, 4.69) is 0 Å². The Morgan fingerprint density at radius 3 is 0.958 bits per heavy atom. The molecule has 0 saturated heterocycles. The predicted octanol–water partition coefficient (Wildman–Crippen LogP) is -13.8. The molecule has 0 aromatic heterocycles. The second kappa shape index (κ2) is 21.0. The first kappa shape index (κ1) is 39.1. The van der Waals surface area contributed by atoms with Gasteiger partial charge in [0.05, 0.1) is 12.8 Å². The molecule has 0 heterocycles. The van der Waals surface area contributed by atoms with Gasteiger partial charge in [-0.2, -0.15) is 0 Å². The van der Waals surface area contributed by atoms with Gasteiger partial charge >= 0.3 is 107 Å². The molecule has 0 aliphatic heterocycles. The second-order valence-corrected chi connectivity index (χ2v) is 2.99. The van der Waals surface area contributed by atoms with Crippen LogP contribution in [0.3, 0.4) is 0 Å². The van der Waals surface area contributed by atoms with Crippen LogP contribution in [0.1, 0.15) is 12.8 Å². The van der Waals surface area contributed by atoms with Crippen molar-refractivity contribution in [2.45, 2.75) is 18.4 Å². The number of carboxylic acids is 3. The van der Waals surface area contributed by atoms with Crippen molar-refractivity contribution in [2.75, 3.05) is 0 Å². The van der Waals surface area contributed by atoms with Crippen molar-refractivity contribution in [2.24, 2.45) is 0 Å². The van der Waals surface area contributed by atoms with Crippen LogP contribution in [0.2, 0.25) is 0 Å². The van der Waals surface area contributed by atoms with Gasteiger partial charge in [-0.1, -0.05) is 0 Å². The van der Waals surface area contributed by atoms with Crippen LogP contribution >= 0.6 is 0 Å². The molecule has 0 rings (SSSR count). The zero-order chi connectivity index (χ0) is 17.8. The SMILES string of the molecule is O=C(O)CC(O)(CC(=O)O)C(=O)O.O=C([O-])O.O=C([O-])[O-].[Na+].[Na+].[Na+]. The fraction of sp³-hybridized carbons (Fsp3) is 0.375. The van der Waals surface area contributed by atoms with E-state index >= 15 is 0 Å². The van der Waals surface area contributed by atoms with Gasteiger partial charge in [0.2, 0.25) is 6.16 Å². The van der Waals surface area contributed by atoms with Crippen molar-refractivity contribution in [3.63, 3.8) is 0 Å². The molecule has 5 N–H and O–H groups in total. The Hall–Kier alpha value is -0.0900. The molecule has 24 heavy (non-hydrogen) atoms. The number of aliphatic carboxylic acids is 3. The van der Waals surface area contributed by atoms with Crippen LogP contribution in [0, 0.1) is 0 Å². The fourth-order valence-electron chi connectivity index (χ4n) is 0.714. The summed E-state index contributed by atoms with van der Waals surface area (Å²) in [5.74, 6) is -5.02. The van der Waals surface area contributed by atoms with E-state index in [9.17, 15) is 14.4 Å². The minimum Gasteiger partial charge on any atom is -0.652 e. The molecule has 0 fully saturated rings. The average molecular weight is 382 g/mol. The molecular formula is C8H9Na3O13. The maximum Gasteiger partial charge on any atom is 1.00 e. The molecule has 0 spiro atoms. The first-order valence-electron chi connectivity index (χ1n) is 4.42. The molecule has 16 heteroatoms. The van der Waals surface area contributed by atoms with E-state index in [1.54, 1.807) is 0 Å². The van der Waals surface area contributed by atoms with Gasteiger partial charge in [-0.25, -0.2) is 4.79 Å². The summed E-state index contributed by atoms with van der Waals surface area (Å²) in [6, 6.07) is 0. The quantitative estimate of drug-likeness (QED) is 0.277. The number of hydrogen-bond acceptors (Lipinski definition) is 9. The van der Waals surface area contributed by atoms with Crippen molar-refractivity contribution >= 4 is 30.2 Å². The van der Waals surface area contributed by atoms with Crippen molar-refractivity contribution in [3.8, 4) is 0 Å². The first-order chi connectivity index (χ1) is 9.24. The van der Waals surface area contributed by atoms with E-state index in [-0.39, 0.29) is 88.7 Å². The van der Waals surface area contributed by atoms with Crippen LogP contribution in [0.15, 0.2) is 0 Å². The van der Waals surface area contributed by atoms with Gasteiger partial charge in [0.15, 0.2) is 5.60 Å². The van der Waals surface area contributed by atoms with E-state index in [1.165, 1.54) is 0 Å². The van der Waals surface area contributed by atoms with Crippen molar-refractivity contribution < 1.29 is 153 Å². The molecule has 13 nitrogen and oxygen atoms in total. The zero-order valence-corrected chi connectivity index (χ0v) is 18.9. The van der Waals surface area contributed by atoms with Crippen molar-refractivity contribution in [3.05, 3.63) is 0 Å². The topological polar surface area (TPSA) is 256 Å². The van der Waals surface area contributed by atoms with Crippen LogP contribution in [0.5, 0.6) is 0 Å². The molecule has 0 aromatic carbocycles. The third-order valence-corrected chi connectivity index (χ3v) is 1.29. The minimum atomic E-state index is -2.74. The largest absolute Gasteiger partial charge is 1.00 e. The van der Waals surface area contributed by atoms with Crippen molar-refractivity contribution in [1.82, 2.24) is 0 Å². The Bertz CT molecular complexity index is 374. The summed E-state index contributed by atoms with van der Waals surface area (Å²) in [6.07, 6.45) is -6.71. The van der Waals surface area contributed by atoms with E-state index in [4.69, 9.17) is 50.4 Å². The van der Waals surface area contributed by atoms with E-state index < -0.39 is 48.7 Å². The second-order valence-electron chi connectivity index (χ2n) is 2.99. The number of carbonyl (C=O) groups excluding carboxylic acids is 1. The predicted molar refractivity (Wildman–Crippen MR) is 50.5 cm³/mol. The summed E-state index contributed by atoms with van der Waals surface area (Å²) in [6.45, 7) is 0. The zero-order valence-electron chi connectivity index (χ0n) is 12.9. The molecule has 0 saturated carbocycles. The summed E-state index contributed by atoms with van der Waals surface area (Å²) in [5, 5.41) is 65.8. The van der Waals surface area contributed by atoms with Crippen molar-refractivity contribution in [1.29, 1.82) is 0 Å². The molecule has 0 unspecified atom stereocenters. The Morgan fingerprint density at radius 2 is 0.875 bits per heavy atom. The van der Waals surface area contributed by atoms with E-state index in [0.29, 0.717) is 0 Å². The van der Waals surface area contributed by atoms with Gasteiger partial charge in [-0.3, -0.25) is 9.59 Å². The standard InChI is InChI=1S/C6H8O7.2CH2O3.3Na/c7-3(8)1-6(13,5(11)12)2-4(9)10;2*2-1(3)4;;;/h13H,1-2H2,(H,7,8)(H,9,10)(H,11,12);2*(H2,2,3,4);;;/q;;;3*+1/p-3. The Balaban J connectivity index is -0.0000000626. The average Bonchev–Trinajstić information content (AvgIpc) is 2.11. The summed E-state index contributed by atoms with van der Waals surface area (Å²) in [7, 11) is 0. The molecule has 0 aliphatic carbocycles. The number of carboxylic acid groups (broad SMARTS) is 7. The van der Waals surface area contributed by atoms with Crippen LogP contribution in [-0.4, -0.2) is 61.4 Å². The maximum atomic E-state index is 10.3. The Labute approximate surface area is 200 Å². The summed E-state index contributed by atoms with van der Waals surface area (Å²) in [4.78, 5) is 47.3. The summed E-state index contributed by atoms with van der Waals surface area (Å²) < 4.78 is 0. The smallest absolute Gasteiger partial charge is 0.652 e. The van der Waals surface area contributed by atoms with Gasteiger partial charge in [0, 0.05) is 0 Å². The normalized spacial score (nSPS) is 7.88. The Kier molecular flexibility index (Phi) is 34.2. The van der Waals surface area contributed by atoms with E-state index in [0.717, 1.165) is 0 Å². The number of carbonyl (C=O) groups is 5. The molecule has 0 amide bonds. The first-order valence-corrected chi connectivity index (χ1v) is 4.42. The Morgan fingerprint density at radius 1 is 0.708 bits per heavy atom. The minimum absolute atomic E-state index is 0. The number of aliphatic hydroxyl groups is 1. The van der Waals surface area contributed by atoms with Crippen LogP contribution in [0.25, 0.3) is 0 Å². The molecule has 0 atom stereocenters.